The molecule has 152 valence electrons. The molecule has 1 unspecified atom stereocenters. The van der Waals surface area contributed by atoms with Gasteiger partial charge in [-0.3, -0.25) is 5.01 Å². The van der Waals surface area contributed by atoms with Gasteiger partial charge in [0.2, 0.25) is 6.29 Å². The van der Waals surface area contributed by atoms with E-state index < -0.39 is 0 Å². The molecule has 6 nitrogen and oxygen atoms in total. The van der Waals surface area contributed by atoms with Crippen molar-refractivity contribution in [2.75, 3.05) is 26.0 Å². The maximum atomic E-state index is 4.62. The third kappa shape index (κ3) is 4.66. The summed E-state index contributed by atoms with van der Waals surface area (Å²) in [6.45, 7) is 0.891. The maximum Gasteiger partial charge on any atom is 0.234 e. The Morgan fingerprint density at radius 1 is 0.867 bits per heavy atom. The third-order valence-electron chi connectivity index (χ3n) is 5.03. The Balaban J connectivity index is 1.33. The van der Waals surface area contributed by atoms with Crippen LogP contribution in [0.4, 0.5) is 11.4 Å². The van der Waals surface area contributed by atoms with E-state index in [9.17, 15) is 0 Å². The Hall–Kier alpha value is -3.67. The van der Waals surface area contributed by atoms with Crippen molar-refractivity contribution in [1.29, 1.82) is 0 Å². The number of amidine groups is 1. The summed E-state index contributed by atoms with van der Waals surface area (Å²) in [6.07, 6.45) is 0.732. The molecule has 3 aromatic rings. The van der Waals surface area contributed by atoms with Crippen LogP contribution in [0, 0.1) is 0 Å². The van der Waals surface area contributed by atoms with E-state index in [1.165, 1.54) is 5.56 Å². The van der Waals surface area contributed by atoms with Crippen LogP contribution in [0.3, 0.4) is 0 Å². The molecule has 1 N–H and O–H groups in total. The van der Waals surface area contributed by atoms with Gasteiger partial charge in [-0.25, -0.2) is 0 Å². The predicted molar refractivity (Wildman–Crippen MR) is 122 cm³/mol. The maximum absolute atomic E-state index is 4.62. The number of nitrogens with zero attached hydrogens (tertiary/aromatic N) is 5. The Morgan fingerprint density at radius 3 is 2.23 bits per heavy atom. The Bertz CT molecular complexity index is 999. The van der Waals surface area contributed by atoms with Crippen LogP contribution in [-0.4, -0.2) is 42.7 Å². The number of benzene rings is 3. The van der Waals surface area contributed by atoms with Gasteiger partial charge in [-0.1, -0.05) is 60.7 Å². The fraction of sp³-hybridized carbons (Fsp3) is 0.208. The highest BCUT2D eigenvalue weighted by Crippen LogP contribution is 2.22. The highest BCUT2D eigenvalue weighted by Gasteiger charge is 2.29. The van der Waals surface area contributed by atoms with Crippen molar-refractivity contribution < 1.29 is 0 Å². The Labute approximate surface area is 177 Å². The molecule has 1 aliphatic heterocycles. The topological polar surface area (TPSA) is 55.6 Å². The fourth-order valence-electron chi connectivity index (χ4n) is 3.39. The molecule has 6 heteroatoms. The molecule has 0 aliphatic carbocycles. The molecule has 1 aliphatic rings. The minimum absolute atomic E-state index is 0.260. The second kappa shape index (κ2) is 9.22. The summed E-state index contributed by atoms with van der Waals surface area (Å²) in [5.74, 6) is 0.889. The minimum Gasteiger partial charge on any atom is -0.385 e. The van der Waals surface area contributed by atoms with Crippen LogP contribution in [0.15, 0.2) is 100 Å². The SMILES string of the molecule is CN1N=C(c2ccccc2)N(C)C1N=Nc1ccc(NCCc2ccccc2)cc1. The Kier molecular flexibility index (Phi) is 6.03. The molecule has 0 spiro atoms. The van der Waals surface area contributed by atoms with E-state index in [1.807, 2.05) is 84.7 Å². The van der Waals surface area contributed by atoms with Gasteiger partial charge in [-0.2, -0.15) is 10.2 Å². The van der Waals surface area contributed by atoms with E-state index in [1.54, 1.807) is 0 Å². The Morgan fingerprint density at radius 2 is 1.53 bits per heavy atom. The van der Waals surface area contributed by atoms with Gasteiger partial charge in [0.05, 0.1) is 5.69 Å². The average Bonchev–Trinajstić information content (AvgIpc) is 3.08. The quantitative estimate of drug-likeness (QED) is 0.573. The van der Waals surface area contributed by atoms with Gasteiger partial charge in [-0.05, 0) is 36.2 Å². The summed E-state index contributed by atoms with van der Waals surface area (Å²) in [5.41, 5.74) is 4.29. The van der Waals surface area contributed by atoms with E-state index >= 15 is 0 Å². The van der Waals surface area contributed by atoms with Gasteiger partial charge < -0.3 is 10.2 Å². The first-order valence-corrected chi connectivity index (χ1v) is 10.1. The molecule has 0 radical (unpaired) electrons. The van der Waals surface area contributed by atoms with Crippen molar-refractivity contribution in [3.8, 4) is 0 Å². The molecule has 4 rings (SSSR count). The second-order valence-corrected chi connectivity index (χ2v) is 7.25. The summed E-state index contributed by atoms with van der Waals surface area (Å²) < 4.78 is 0. The van der Waals surface area contributed by atoms with E-state index in [0.29, 0.717) is 0 Å². The van der Waals surface area contributed by atoms with Crippen LogP contribution in [0.25, 0.3) is 0 Å². The minimum atomic E-state index is -0.260. The van der Waals surface area contributed by atoms with Gasteiger partial charge in [0.15, 0.2) is 5.84 Å². The normalized spacial score (nSPS) is 16.2. The first-order valence-electron chi connectivity index (χ1n) is 10.1. The first-order chi connectivity index (χ1) is 14.7. The molecule has 0 aromatic heterocycles. The summed E-state index contributed by atoms with van der Waals surface area (Å²) in [7, 11) is 3.90. The highest BCUT2D eigenvalue weighted by molar-refractivity contribution is 5.99. The van der Waals surface area contributed by atoms with Crippen LogP contribution in [0.5, 0.6) is 0 Å². The van der Waals surface area contributed by atoms with E-state index in [0.717, 1.165) is 35.7 Å². The summed E-state index contributed by atoms with van der Waals surface area (Å²) in [4.78, 5) is 2.03. The zero-order valence-electron chi connectivity index (χ0n) is 17.3. The molecule has 0 bridgehead atoms. The highest BCUT2D eigenvalue weighted by atomic mass is 15.7. The van der Waals surface area contributed by atoms with E-state index in [-0.39, 0.29) is 6.29 Å². The van der Waals surface area contributed by atoms with Crippen LogP contribution >= 0.6 is 0 Å². The molecule has 1 atom stereocenters. The third-order valence-corrected chi connectivity index (χ3v) is 5.03. The molecule has 1 heterocycles. The van der Waals surface area contributed by atoms with Crippen LogP contribution < -0.4 is 5.32 Å². The lowest BCUT2D eigenvalue weighted by Crippen LogP contribution is -2.36. The molecular weight excluding hydrogens is 372 g/mol. The van der Waals surface area contributed by atoms with Gasteiger partial charge in [0, 0.05) is 31.9 Å². The summed E-state index contributed by atoms with van der Waals surface area (Å²) in [5, 5.41) is 18.8. The summed E-state index contributed by atoms with van der Waals surface area (Å²) in [6, 6.07) is 28.6. The lowest BCUT2D eigenvalue weighted by Gasteiger charge is -2.21. The molecule has 0 saturated heterocycles. The number of anilines is 1. The first kappa shape index (κ1) is 19.6. The van der Waals surface area contributed by atoms with E-state index in [4.69, 9.17) is 0 Å². The van der Waals surface area contributed by atoms with Crippen molar-refractivity contribution in [3.05, 3.63) is 96.1 Å². The van der Waals surface area contributed by atoms with Crippen LogP contribution in [-0.2, 0) is 6.42 Å². The van der Waals surface area contributed by atoms with Crippen molar-refractivity contribution in [2.24, 2.45) is 15.3 Å². The predicted octanol–water partition coefficient (Wildman–Crippen LogP) is 4.95. The van der Waals surface area contributed by atoms with Gasteiger partial charge in [-0.15, -0.1) is 5.11 Å². The second-order valence-electron chi connectivity index (χ2n) is 7.25. The standard InChI is InChI=1S/C24H26N6/c1-29-23(20-11-7-4-8-12-20)28-30(2)24(29)27-26-22-15-13-21(14-16-22)25-18-17-19-9-5-3-6-10-19/h3-16,24-25H,17-18H2,1-2H3. The number of hydrogen-bond donors (Lipinski definition) is 1. The molecule has 0 fully saturated rings. The van der Waals surface area contributed by atoms with Crippen molar-refractivity contribution in [3.63, 3.8) is 0 Å². The zero-order valence-corrected chi connectivity index (χ0v) is 17.3. The molecule has 30 heavy (non-hydrogen) atoms. The average molecular weight is 399 g/mol. The lowest BCUT2D eigenvalue weighted by molar-refractivity contribution is 0.181. The number of hydrazone groups is 1. The van der Waals surface area contributed by atoms with Crippen molar-refractivity contribution >= 4 is 17.2 Å². The largest absolute Gasteiger partial charge is 0.385 e. The summed E-state index contributed by atoms with van der Waals surface area (Å²) >= 11 is 0. The fourth-order valence-corrected chi connectivity index (χ4v) is 3.39. The van der Waals surface area contributed by atoms with Gasteiger partial charge >= 0.3 is 0 Å². The molecular formula is C24H26N6. The van der Waals surface area contributed by atoms with Gasteiger partial charge in [0.25, 0.3) is 0 Å². The van der Waals surface area contributed by atoms with E-state index in [2.05, 4.69) is 44.9 Å². The number of azo groups is 1. The van der Waals surface area contributed by atoms with Gasteiger partial charge in [0.1, 0.15) is 0 Å². The smallest absolute Gasteiger partial charge is 0.234 e. The molecule has 0 saturated carbocycles. The number of nitrogens with one attached hydrogen (secondary N) is 1. The molecule has 3 aromatic carbocycles. The zero-order chi connectivity index (χ0) is 20.8. The van der Waals surface area contributed by atoms with Crippen molar-refractivity contribution in [2.45, 2.75) is 12.7 Å². The lowest BCUT2D eigenvalue weighted by atomic mass is 10.1. The number of rotatable bonds is 7. The van der Waals surface area contributed by atoms with Crippen LogP contribution in [0.1, 0.15) is 11.1 Å². The molecule has 0 amide bonds. The number of hydrogen-bond acceptors (Lipinski definition) is 6. The van der Waals surface area contributed by atoms with Crippen molar-refractivity contribution in [1.82, 2.24) is 9.91 Å². The van der Waals surface area contributed by atoms with Crippen LogP contribution in [0.2, 0.25) is 0 Å². The monoisotopic (exact) mass is 398 g/mol.